The molecule has 0 aromatic rings. The summed E-state index contributed by atoms with van der Waals surface area (Å²) in [6.45, 7) is 4.66. The van der Waals surface area contributed by atoms with Crippen LogP contribution in [-0.4, -0.2) is 37.9 Å². The van der Waals surface area contributed by atoms with Gasteiger partial charge in [0.25, 0.3) is 0 Å². The zero-order valence-corrected chi connectivity index (χ0v) is 9.80. The van der Waals surface area contributed by atoms with E-state index in [2.05, 4.69) is 0 Å². The van der Waals surface area contributed by atoms with Crippen LogP contribution in [0.15, 0.2) is 0 Å². The SMILES string of the molecule is CC(=O)OCC(CCl)O[Si](C)(C)O. The molecule has 13 heavy (non-hydrogen) atoms. The minimum atomic E-state index is -2.59. The maximum atomic E-state index is 10.5. The van der Waals surface area contributed by atoms with Gasteiger partial charge in [0.15, 0.2) is 0 Å². The van der Waals surface area contributed by atoms with Crippen molar-refractivity contribution in [3.05, 3.63) is 0 Å². The van der Waals surface area contributed by atoms with Crippen LogP contribution in [0.3, 0.4) is 0 Å². The highest BCUT2D eigenvalue weighted by Gasteiger charge is 2.24. The molecule has 0 fully saturated rings. The lowest BCUT2D eigenvalue weighted by atomic mass is 10.4. The second kappa shape index (κ2) is 5.59. The van der Waals surface area contributed by atoms with Crippen molar-refractivity contribution in [2.75, 3.05) is 12.5 Å². The van der Waals surface area contributed by atoms with Crippen molar-refractivity contribution < 1.29 is 18.8 Å². The van der Waals surface area contributed by atoms with Gasteiger partial charge >= 0.3 is 14.5 Å². The van der Waals surface area contributed by atoms with Gasteiger partial charge in [-0.3, -0.25) is 4.79 Å². The molecule has 0 amide bonds. The highest BCUT2D eigenvalue weighted by molar-refractivity contribution is 6.63. The van der Waals surface area contributed by atoms with E-state index in [9.17, 15) is 9.59 Å². The number of alkyl halides is 1. The molecule has 1 unspecified atom stereocenters. The number of halogens is 1. The van der Waals surface area contributed by atoms with Crippen molar-refractivity contribution in [3.8, 4) is 0 Å². The number of ether oxygens (including phenoxy) is 1. The molecule has 0 aromatic carbocycles. The van der Waals surface area contributed by atoms with Crippen molar-refractivity contribution in [2.24, 2.45) is 0 Å². The van der Waals surface area contributed by atoms with Gasteiger partial charge in [-0.15, -0.1) is 11.6 Å². The maximum absolute atomic E-state index is 10.5. The lowest BCUT2D eigenvalue weighted by molar-refractivity contribution is -0.143. The molecule has 0 bridgehead atoms. The monoisotopic (exact) mass is 226 g/mol. The largest absolute Gasteiger partial charge is 0.463 e. The summed E-state index contributed by atoms with van der Waals surface area (Å²) in [6.07, 6.45) is -0.419. The summed E-state index contributed by atoms with van der Waals surface area (Å²) in [7, 11) is -2.59. The van der Waals surface area contributed by atoms with Crippen LogP contribution < -0.4 is 0 Å². The van der Waals surface area contributed by atoms with Gasteiger partial charge in [-0.1, -0.05) is 0 Å². The Morgan fingerprint density at radius 1 is 1.62 bits per heavy atom. The van der Waals surface area contributed by atoms with E-state index in [0.29, 0.717) is 0 Å². The molecular weight excluding hydrogens is 212 g/mol. The number of esters is 1. The zero-order valence-electron chi connectivity index (χ0n) is 8.04. The van der Waals surface area contributed by atoms with E-state index in [-0.39, 0.29) is 18.5 Å². The summed E-state index contributed by atoms with van der Waals surface area (Å²) in [5.74, 6) is -0.180. The smallest absolute Gasteiger partial charge is 0.329 e. The van der Waals surface area contributed by atoms with E-state index in [4.69, 9.17) is 20.8 Å². The molecule has 1 N–H and O–H groups in total. The highest BCUT2D eigenvalue weighted by atomic mass is 35.5. The predicted molar refractivity (Wildman–Crippen MR) is 51.9 cm³/mol. The second-order valence-corrected chi connectivity index (χ2v) is 6.58. The Morgan fingerprint density at radius 2 is 2.15 bits per heavy atom. The second-order valence-electron chi connectivity index (χ2n) is 3.14. The molecule has 1 atom stereocenters. The van der Waals surface area contributed by atoms with E-state index < -0.39 is 14.7 Å². The Kier molecular flexibility index (Phi) is 5.55. The third-order valence-corrected chi connectivity index (χ3v) is 2.35. The van der Waals surface area contributed by atoms with Gasteiger partial charge in [-0.05, 0) is 13.1 Å². The number of rotatable bonds is 5. The Hall–Kier alpha value is -0.103. The molecule has 0 aliphatic carbocycles. The molecule has 0 aromatic heterocycles. The summed E-state index contributed by atoms with van der Waals surface area (Å²) in [4.78, 5) is 19.9. The minimum Gasteiger partial charge on any atom is -0.463 e. The third-order valence-electron chi connectivity index (χ3n) is 1.10. The van der Waals surface area contributed by atoms with Crippen LogP contribution in [0.25, 0.3) is 0 Å². The summed E-state index contributed by atoms with van der Waals surface area (Å²) < 4.78 is 9.93. The summed E-state index contributed by atoms with van der Waals surface area (Å²) >= 11 is 5.55. The summed E-state index contributed by atoms with van der Waals surface area (Å²) in [6, 6.07) is 0. The van der Waals surface area contributed by atoms with Gasteiger partial charge in [0.1, 0.15) is 6.61 Å². The molecule has 0 aliphatic heterocycles. The van der Waals surface area contributed by atoms with Crippen molar-refractivity contribution in [3.63, 3.8) is 0 Å². The van der Waals surface area contributed by atoms with Crippen molar-refractivity contribution >= 4 is 26.1 Å². The van der Waals surface area contributed by atoms with Crippen molar-refractivity contribution in [2.45, 2.75) is 26.1 Å². The first-order valence-electron chi connectivity index (χ1n) is 3.94. The molecule has 0 heterocycles. The summed E-state index contributed by atoms with van der Waals surface area (Å²) in [5.41, 5.74) is 0. The Bertz CT molecular complexity index is 168. The third kappa shape index (κ3) is 8.23. The molecule has 0 spiro atoms. The molecule has 0 aliphatic rings. The lowest BCUT2D eigenvalue weighted by Crippen LogP contribution is -2.38. The molecule has 0 radical (unpaired) electrons. The fourth-order valence-corrected chi connectivity index (χ4v) is 1.95. The fourth-order valence-electron chi connectivity index (χ4n) is 0.728. The standard InChI is InChI=1S/C7H15ClO4Si/c1-6(9)11-5-7(4-8)12-13(2,3)10/h7,10H,4-5H2,1-3H3. The van der Waals surface area contributed by atoms with Crippen LogP contribution in [0.1, 0.15) is 6.92 Å². The Labute approximate surface area is 84.0 Å². The molecule has 4 nitrogen and oxygen atoms in total. The summed E-state index contributed by atoms with van der Waals surface area (Å²) in [5, 5.41) is 0. The van der Waals surface area contributed by atoms with Crippen molar-refractivity contribution in [1.29, 1.82) is 0 Å². The van der Waals surface area contributed by atoms with Gasteiger partial charge < -0.3 is 14.0 Å². The number of hydrogen-bond donors (Lipinski definition) is 1. The molecular formula is C7H15ClO4Si. The van der Waals surface area contributed by atoms with Gasteiger partial charge in [-0.25, -0.2) is 0 Å². The molecule has 0 saturated heterocycles. The molecule has 0 rings (SSSR count). The van der Waals surface area contributed by atoms with Gasteiger partial charge in [0.2, 0.25) is 0 Å². The number of carbonyl (C=O) groups excluding carboxylic acids is 1. The van der Waals surface area contributed by atoms with Crippen molar-refractivity contribution in [1.82, 2.24) is 0 Å². The van der Waals surface area contributed by atoms with Crippen LogP contribution in [0.5, 0.6) is 0 Å². The zero-order chi connectivity index (χ0) is 10.5. The first kappa shape index (κ1) is 12.9. The van der Waals surface area contributed by atoms with E-state index in [0.717, 1.165) is 0 Å². The minimum absolute atomic E-state index is 0.0931. The number of hydrogen-bond acceptors (Lipinski definition) is 4. The van der Waals surface area contributed by atoms with E-state index in [1.54, 1.807) is 13.1 Å². The van der Waals surface area contributed by atoms with Crippen LogP contribution in [-0.2, 0) is 14.0 Å². The highest BCUT2D eigenvalue weighted by Crippen LogP contribution is 2.06. The molecule has 6 heteroatoms. The topological polar surface area (TPSA) is 55.8 Å². The molecule has 0 saturated carbocycles. The average Bonchev–Trinajstić information content (AvgIpc) is 1.95. The van der Waals surface area contributed by atoms with Crippen LogP contribution in [0.4, 0.5) is 0 Å². The average molecular weight is 227 g/mol. The van der Waals surface area contributed by atoms with Crippen LogP contribution >= 0.6 is 11.6 Å². The van der Waals surface area contributed by atoms with Crippen LogP contribution in [0, 0.1) is 0 Å². The maximum Gasteiger partial charge on any atom is 0.329 e. The van der Waals surface area contributed by atoms with Gasteiger partial charge in [0.05, 0.1) is 12.0 Å². The van der Waals surface area contributed by atoms with E-state index >= 15 is 0 Å². The normalized spacial score (nSPS) is 13.9. The first-order valence-corrected chi connectivity index (χ1v) is 7.33. The van der Waals surface area contributed by atoms with Crippen LogP contribution in [0.2, 0.25) is 13.1 Å². The first-order chi connectivity index (χ1) is 5.85. The fraction of sp³-hybridized carbons (Fsp3) is 0.857. The van der Waals surface area contributed by atoms with Gasteiger partial charge in [-0.2, -0.15) is 0 Å². The predicted octanol–water partition coefficient (Wildman–Crippen LogP) is 0.868. The van der Waals surface area contributed by atoms with Gasteiger partial charge in [0, 0.05) is 6.92 Å². The Balaban J connectivity index is 3.83. The van der Waals surface area contributed by atoms with E-state index in [1.165, 1.54) is 6.92 Å². The molecule has 78 valence electrons. The Morgan fingerprint density at radius 3 is 2.46 bits per heavy atom. The lowest BCUT2D eigenvalue weighted by Gasteiger charge is -2.22. The quantitative estimate of drug-likeness (QED) is 0.429. The number of carbonyl (C=O) groups is 1. The van der Waals surface area contributed by atoms with E-state index in [1.807, 2.05) is 0 Å².